The molecule has 144 valence electrons. The molecule has 0 unspecified atom stereocenters. The minimum atomic E-state index is -0.493. The first kappa shape index (κ1) is 18.9. The molecule has 2 heterocycles. The number of rotatable bonds is 3. The number of benzene rings is 2. The Balaban J connectivity index is 1.65. The number of carbonyl (C=O) groups excluding carboxylic acids is 1. The maximum Gasteiger partial charge on any atom is 0.274 e. The van der Waals surface area contributed by atoms with Gasteiger partial charge in [-0.15, -0.1) is 11.3 Å². The molecule has 0 bridgehead atoms. The van der Waals surface area contributed by atoms with Gasteiger partial charge in [0.1, 0.15) is 0 Å². The van der Waals surface area contributed by atoms with E-state index in [-0.39, 0.29) is 5.41 Å². The third-order valence-electron chi connectivity index (χ3n) is 5.03. The second-order valence-electron chi connectivity index (χ2n) is 7.58. The summed E-state index contributed by atoms with van der Waals surface area (Å²) in [4.78, 5) is 18.9. The lowest BCUT2D eigenvalue weighted by Crippen LogP contribution is -2.42. The second-order valence-corrected chi connectivity index (χ2v) is 8.85. The third kappa shape index (κ3) is 3.51. The van der Waals surface area contributed by atoms with Gasteiger partial charge in [0.05, 0.1) is 5.69 Å². The quantitative estimate of drug-likeness (QED) is 0.474. The van der Waals surface area contributed by atoms with Gasteiger partial charge in [0.25, 0.3) is 5.91 Å². The van der Waals surface area contributed by atoms with Crippen molar-refractivity contribution in [1.82, 2.24) is 10.5 Å². The summed E-state index contributed by atoms with van der Waals surface area (Å²) in [6.45, 7) is 5.82. The van der Waals surface area contributed by atoms with E-state index in [1.54, 1.807) is 22.9 Å². The fourth-order valence-corrected chi connectivity index (χ4v) is 4.72. The average molecular weight is 414 g/mol. The van der Waals surface area contributed by atoms with Crippen molar-refractivity contribution in [1.29, 1.82) is 0 Å². The summed E-state index contributed by atoms with van der Waals surface area (Å²) in [6, 6.07) is 13.3. The van der Waals surface area contributed by atoms with Gasteiger partial charge >= 0.3 is 0 Å². The molecule has 0 saturated carbocycles. The first-order valence-corrected chi connectivity index (χ1v) is 10.2. The number of thiazole rings is 1. The number of anilines is 1. The third-order valence-corrected chi connectivity index (χ3v) is 6.17. The van der Waals surface area contributed by atoms with Crippen molar-refractivity contribution >= 4 is 34.0 Å². The van der Waals surface area contributed by atoms with Crippen molar-refractivity contribution in [2.45, 2.75) is 25.8 Å². The van der Waals surface area contributed by atoms with Crippen LogP contribution in [-0.4, -0.2) is 22.6 Å². The molecule has 0 spiro atoms. The summed E-state index contributed by atoms with van der Waals surface area (Å²) in [5, 5.41) is 12.6. The van der Waals surface area contributed by atoms with Crippen molar-refractivity contribution in [3.63, 3.8) is 0 Å². The van der Waals surface area contributed by atoms with E-state index in [1.165, 1.54) is 0 Å². The molecule has 1 aliphatic heterocycles. The van der Waals surface area contributed by atoms with Gasteiger partial charge in [-0.3, -0.25) is 10.0 Å². The minimum Gasteiger partial charge on any atom is -0.343 e. The van der Waals surface area contributed by atoms with Crippen LogP contribution < -0.4 is 10.4 Å². The molecule has 0 aliphatic carbocycles. The Labute approximate surface area is 172 Å². The van der Waals surface area contributed by atoms with Gasteiger partial charge in [-0.2, -0.15) is 0 Å². The summed E-state index contributed by atoms with van der Waals surface area (Å²) >= 11 is 7.73. The number of hydroxylamine groups is 1. The smallest absolute Gasteiger partial charge is 0.274 e. The zero-order valence-electron chi connectivity index (χ0n) is 15.6. The standard InChI is InChI=1S/C21H20ClN3O2S/c1-21(2)12-25(10-15-7-6-14(9-17(15)21)19(26)24-27)20-23-18(11-28-20)13-4-3-5-16(22)8-13/h3-9,11,27H,10,12H2,1-2H3,(H,24,26). The van der Waals surface area contributed by atoms with E-state index in [1.807, 2.05) is 36.4 Å². The molecule has 1 aromatic heterocycles. The topological polar surface area (TPSA) is 65.5 Å². The molecule has 3 aromatic rings. The number of hydrogen-bond donors (Lipinski definition) is 2. The molecule has 0 saturated heterocycles. The Morgan fingerprint density at radius 2 is 2.11 bits per heavy atom. The maximum absolute atomic E-state index is 11.8. The number of fused-ring (bicyclic) bond motifs is 1. The molecule has 2 N–H and O–H groups in total. The molecule has 1 aliphatic rings. The number of nitrogens with zero attached hydrogens (tertiary/aromatic N) is 2. The van der Waals surface area contributed by atoms with Gasteiger partial charge in [-0.25, -0.2) is 10.5 Å². The van der Waals surface area contributed by atoms with Crippen LogP contribution in [0.4, 0.5) is 5.13 Å². The first-order chi connectivity index (χ1) is 13.4. The SMILES string of the molecule is CC1(C)CN(c2nc(-c3cccc(Cl)c3)cs2)Cc2ccc(C(=O)NO)cc21. The Hall–Kier alpha value is -2.41. The molecular formula is C21H20ClN3O2S. The Morgan fingerprint density at radius 3 is 2.86 bits per heavy atom. The lowest BCUT2D eigenvalue weighted by molar-refractivity contribution is 0.0706. The van der Waals surface area contributed by atoms with E-state index >= 15 is 0 Å². The van der Waals surface area contributed by atoms with Gasteiger partial charge in [-0.05, 0) is 35.4 Å². The molecule has 1 amide bonds. The van der Waals surface area contributed by atoms with E-state index < -0.39 is 5.91 Å². The van der Waals surface area contributed by atoms with Gasteiger partial charge in [0, 0.05) is 40.0 Å². The molecule has 7 heteroatoms. The largest absolute Gasteiger partial charge is 0.343 e. The molecule has 0 radical (unpaired) electrons. The number of nitrogens with one attached hydrogen (secondary N) is 1. The number of carbonyl (C=O) groups is 1. The molecule has 4 rings (SSSR count). The highest BCUT2D eigenvalue weighted by atomic mass is 35.5. The Kier molecular flexibility index (Phi) is 4.87. The fraction of sp³-hybridized carbons (Fsp3) is 0.238. The van der Waals surface area contributed by atoms with Crippen molar-refractivity contribution in [3.8, 4) is 11.3 Å². The van der Waals surface area contributed by atoms with Crippen LogP contribution in [0, 0.1) is 0 Å². The van der Waals surface area contributed by atoms with Crippen LogP contribution in [0.25, 0.3) is 11.3 Å². The predicted molar refractivity (Wildman–Crippen MR) is 112 cm³/mol. The molecule has 0 fully saturated rings. The van der Waals surface area contributed by atoms with Crippen LogP contribution in [0.15, 0.2) is 47.8 Å². The van der Waals surface area contributed by atoms with Crippen molar-refractivity contribution in [2.24, 2.45) is 0 Å². The number of aromatic nitrogens is 1. The lowest BCUT2D eigenvalue weighted by Gasteiger charge is -2.40. The highest BCUT2D eigenvalue weighted by molar-refractivity contribution is 7.14. The van der Waals surface area contributed by atoms with Crippen LogP contribution in [0.1, 0.15) is 35.3 Å². The maximum atomic E-state index is 11.8. The van der Waals surface area contributed by atoms with Crippen LogP contribution in [0.5, 0.6) is 0 Å². The van der Waals surface area contributed by atoms with E-state index in [4.69, 9.17) is 21.8 Å². The van der Waals surface area contributed by atoms with Crippen molar-refractivity contribution in [2.75, 3.05) is 11.4 Å². The van der Waals surface area contributed by atoms with Crippen LogP contribution in [0.3, 0.4) is 0 Å². The van der Waals surface area contributed by atoms with Crippen LogP contribution in [-0.2, 0) is 12.0 Å². The zero-order chi connectivity index (χ0) is 19.9. The van der Waals surface area contributed by atoms with E-state index in [2.05, 4.69) is 24.1 Å². The molecule has 5 nitrogen and oxygen atoms in total. The van der Waals surface area contributed by atoms with Gasteiger partial charge < -0.3 is 4.90 Å². The predicted octanol–water partition coefficient (Wildman–Crippen LogP) is 4.88. The normalized spacial score (nSPS) is 15.2. The van der Waals surface area contributed by atoms with Crippen molar-refractivity contribution < 1.29 is 10.0 Å². The second kappa shape index (κ2) is 7.20. The first-order valence-electron chi connectivity index (χ1n) is 8.91. The van der Waals surface area contributed by atoms with Gasteiger partial charge in [0.2, 0.25) is 0 Å². The zero-order valence-corrected chi connectivity index (χ0v) is 17.1. The molecule has 28 heavy (non-hydrogen) atoms. The van der Waals surface area contributed by atoms with E-state index in [0.29, 0.717) is 10.6 Å². The minimum absolute atomic E-state index is 0.165. The lowest BCUT2D eigenvalue weighted by atomic mass is 9.78. The van der Waals surface area contributed by atoms with E-state index in [0.717, 1.165) is 40.6 Å². The molecular weight excluding hydrogens is 394 g/mol. The highest BCUT2D eigenvalue weighted by Gasteiger charge is 2.33. The van der Waals surface area contributed by atoms with Crippen molar-refractivity contribution in [3.05, 3.63) is 69.6 Å². The van der Waals surface area contributed by atoms with Crippen LogP contribution in [0.2, 0.25) is 5.02 Å². The van der Waals surface area contributed by atoms with Crippen LogP contribution >= 0.6 is 22.9 Å². The number of hydrogen-bond acceptors (Lipinski definition) is 5. The highest BCUT2D eigenvalue weighted by Crippen LogP contribution is 2.38. The van der Waals surface area contributed by atoms with Gasteiger partial charge in [0.15, 0.2) is 5.13 Å². The molecule has 2 aromatic carbocycles. The summed E-state index contributed by atoms with van der Waals surface area (Å²) in [5.74, 6) is -0.493. The summed E-state index contributed by atoms with van der Waals surface area (Å²) in [6.07, 6.45) is 0. The molecule has 0 atom stereocenters. The number of halogens is 1. The Morgan fingerprint density at radius 1 is 1.29 bits per heavy atom. The summed E-state index contributed by atoms with van der Waals surface area (Å²) in [7, 11) is 0. The Bertz CT molecular complexity index is 1050. The summed E-state index contributed by atoms with van der Waals surface area (Å²) < 4.78 is 0. The average Bonchev–Trinajstić information content (AvgIpc) is 3.17. The summed E-state index contributed by atoms with van der Waals surface area (Å²) in [5.41, 5.74) is 6.20. The number of amides is 1. The monoisotopic (exact) mass is 413 g/mol. The van der Waals surface area contributed by atoms with E-state index in [9.17, 15) is 4.79 Å². The van der Waals surface area contributed by atoms with Gasteiger partial charge in [-0.1, -0.05) is 43.6 Å². The fourth-order valence-electron chi connectivity index (χ4n) is 3.70.